The monoisotopic (exact) mass is 257 g/mol. The second-order valence-electron chi connectivity index (χ2n) is 3.39. The van der Waals surface area contributed by atoms with Gasteiger partial charge in [-0.05, 0) is 23.8 Å². The molecule has 0 aliphatic carbocycles. The Morgan fingerprint density at radius 3 is 2.88 bits per heavy atom. The minimum Gasteiger partial charge on any atom is -0.490 e. The molecular weight excluding hydrogens is 242 g/mol. The number of nitro groups is 1. The first kappa shape index (κ1) is 13.8. The molecule has 1 aromatic rings. The van der Waals surface area contributed by atoms with Gasteiger partial charge in [-0.1, -0.05) is 6.07 Å². The standard InChI is InChI=1S/C11H15NO4S/c1-16-11-4-3-9(7-10(11)12(14)15)8-17-6-2-5-13/h3-4,7,13H,2,5-6,8H2,1H3. The molecule has 94 valence electrons. The number of methoxy groups -OCH3 is 1. The summed E-state index contributed by atoms with van der Waals surface area (Å²) in [5, 5.41) is 19.4. The molecule has 1 rings (SSSR count). The Hall–Kier alpha value is -1.27. The molecule has 0 aliphatic rings. The van der Waals surface area contributed by atoms with Gasteiger partial charge in [-0.3, -0.25) is 10.1 Å². The Balaban J connectivity index is 2.68. The second-order valence-corrected chi connectivity index (χ2v) is 4.50. The highest BCUT2D eigenvalue weighted by molar-refractivity contribution is 7.98. The Morgan fingerprint density at radius 2 is 2.29 bits per heavy atom. The summed E-state index contributed by atoms with van der Waals surface area (Å²) in [5.74, 6) is 1.82. The van der Waals surface area contributed by atoms with Gasteiger partial charge in [-0.2, -0.15) is 11.8 Å². The van der Waals surface area contributed by atoms with Gasteiger partial charge < -0.3 is 9.84 Å². The molecule has 6 heteroatoms. The fraction of sp³-hybridized carbons (Fsp3) is 0.455. The minimum absolute atomic E-state index is 0.00671. The van der Waals surface area contributed by atoms with E-state index in [0.29, 0.717) is 5.75 Å². The molecule has 0 atom stereocenters. The molecule has 5 nitrogen and oxygen atoms in total. The predicted octanol–water partition coefficient (Wildman–Crippen LogP) is 2.22. The molecule has 0 aliphatic heterocycles. The molecule has 0 spiro atoms. The van der Waals surface area contributed by atoms with Crippen LogP contribution in [0.1, 0.15) is 12.0 Å². The highest BCUT2D eigenvalue weighted by atomic mass is 32.2. The van der Waals surface area contributed by atoms with Gasteiger partial charge in [0.05, 0.1) is 12.0 Å². The molecule has 0 heterocycles. The Bertz CT molecular complexity index is 384. The van der Waals surface area contributed by atoms with E-state index in [2.05, 4.69) is 0 Å². The summed E-state index contributed by atoms with van der Waals surface area (Å²) in [6.45, 7) is 0.176. The predicted molar refractivity (Wildman–Crippen MR) is 67.5 cm³/mol. The minimum atomic E-state index is -0.444. The van der Waals surface area contributed by atoms with Crippen LogP contribution in [0.15, 0.2) is 18.2 Å². The smallest absolute Gasteiger partial charge is 0.311 e. The number of nitrogens with zero attached hydrogens (tertiary/aromatic N) is 1. The zero-order valence-electron chi connectivity index (χ0n) is 9.59. The van der Waals surface area contributed by atoms with Crippen molar-refractivity contribution in [3.05, 3.63) is 33.9 Å². The van der Waals surface area contributed by atoms with Gasteiger partial charge in [0, 0.05) is 18.4 Å². The average molecular weight is 257 g/mol. The van der Waals surface area contributed by atoms with Crippen molar-refractivity contribution in [2.75, 3.05) is 19.5 Å². The Kier molecular flexibility index (Phi) is 5.79. The van der Waals surface area contributed by atoms with Gasteiger partial charge in [0.15, 0.2) is 5.75 Å². The van der Waals surface area contributed by atoms with Crippen molar-refractivity contribution in [3.63, 3.8) is 0 Å². The van der Waals surface area contributed by atoms with E-state index < -0.39 is 4.92 Å². The van der Waals surface area contributed by atoms with Crippen LogP contribution in [0.25, 0.3) is 0 Å². The van der Waals surface area contributed by atoms with Gasteiger partial charge in [0.1, 0.15) is 0 Å². The first-order chi connectivity index (χ1) is 8.19. The lowest BCUT2D eigenvalue weighted by molar-refractivity contribution is -0.385. The van der Waals surface area contributed by atoms with Crippen molar-refractivity contribution >= 4 is 17.4 Å². The van der Waals surface area contributed by atoms with Gasteiger partial charge in [-0.15, -0.1) is 0 Å². The van der Waals surface area contributed by atoms with Crippen molar-refractivity contribution in [1.29, 1.82) is 0 Å². The molecule has 17 heavy (non-hydrogen) atoms. The molecule has 0 amide bonds. The molecular formula is C11H15NO4S. The SMILES string of the molecule is COc1ccc(CSCCCO)cc1[N+](=O)[O-]. The number of ether oxygens (including phenoxy) is 1. The highest BCUT2D eigenvalue weighted by Crippen LogP contribution is 2.28. The number of benzene rings is 1. The number of rotatable bonds is 7. The lowest BCUT2D eigenvalue weighted by atomic mass is 10.2. The molecule has 0 radical (unpaired) electrons. The van der Waals surface area contributed by atoms with E-state index in [4.69, 9.17) is 9.84 Å². The molecule has 0 saturated heterocycles. The molecule has 0 bridgehead atoms. The third kappa shape index (κ3) is 4.24. The maximum absolute atomic E-state index is 10.8. The number of aliphatic hydroxyl groups is 1. The number of aliphatic hydroxyl groups excluding tert-OH is 1. The number of nitro benzene ring substituents is 1. The van der Waals surface area contributed by atoms with E-state index in [1.807, 2.05) is 6.07 Å². The van der Waals surface area contributed by atoms with Crippen LogP contribution in [-0.2, 0) is 5.75 Å². The van der Waals surface area contributed by atoms with E-state index >= 15 is 0 Å². The molecule has 0 unspecified atom stereocenters. The first-order valence-corrected chi connectivity index (χ1v) is 6.34. The van der Waals surface area contributed by atoms with Crippen molar-refractivity contribution < 1.29 is 14.8 Å². The maximum Gasteiger partial charge on any atom is 0.311 e. The number of hydrogen-bond acceptors (Lipinski definition) is 5. The van der Waals surface area contributed by atoms with E-state index in [0.717, 1.165) is 17.7 Å². The Labute approximate surface area is 104 Å². The van der Waals surface area contributed by atoms with E-state index in [-0.39, 0.29) is 18.0 Å². The molecule has 0 saturated carbocycles. The summed E-state index contributed by atoms with van der Waals surface area (Å²) in [5.41, 5.74) is 0.883. The van der Waals surface area contributed by atoms with Crippen molar-refractivity contribution in [2.24, 2.45) is 0 Å². The molecule has 1 N–H and O–H groups in total. The highest BCUT2D eigenvalue weighted by Gasteiger charge is 2.14. The topological polar surface area (TPSA) is 72.6 Å². The number of thioether (sulfide) groups is 1. The fourth-order valence-corrected chi connectivity index (χ4v) is 2.22. The fourth-order valence-electron chi connectivity index (χ4n) is 1.32. The van der Waals surface area contributed by atoms with E-state index in [1.165, 1.54) is 13.2 Å². The van der Waals surface area contributed by atoms with Gasteiger partial charge in [-0.25, -0.2) is 0 Å². The molecule has 1 aromatic carbocycles. The Morgan fingerprint density at radius 1 is 1.53 bits per heavy atom. The summed E-state index contributed by atoms with van der Waals surface area (Å²) in [7, 11) is 1.41. The van der Waals surface area contributed by atoms with Gasteiger partial charge >= 0.3 is 5.69 Å². The van der Waals surface area contributed by atoms with Crippen LogP contribution in [0, 0.1) is 10.1 Å². The quantitative estimate of drug-likeness (QED) is 0.460. The van der Waals surface area contributed by atoms with Crippen LogP contribution in [0.3, 0.4) is 0 Å². The summed E-state index contributed by atoms with van der Waals surface area (Å²) in [6.07, 6.45) is 0.739. The maximum atomic E-state index is 10.8. The summed E-state index contributed by atoms with van der Waals surface area (Å²) < 4.78 is 4.92. The van der Waals surface area contributed by atoms with Crippen molar-refractivity contribution in [2.45, 2.75) is 12.2 Å². The van der Waals surface area contributed by atoms with Crippen LogP contribution >= 0.6 is 11.8 Å². The zero-order valence-corrected chi connectivity index (χ0v) is 10.4. The van der Waals surface area contributed by atoms with E-state index in [9.17, 15) is 10.1 Å². The molecule has 0 aromatic heterocycles. The van der Waals surface area contributed by atoms with Crippen LogP contribution in [0.4, 0.5) is 5.69 Å². The normalized spacial score (nSPS) is 10.2. The van der Waals surface area contributed by atoms with Crippen LogP contribution in [0.2, 0.25) is 0 Å². The second kappa shape index (κ2) is 7.13. The third-order valence-electron chi connectivity index (χ3n) is 2.16. The zero-order chi connectivity index (χ0) is 12.7. The lowest BCUT2D eigenvalue weighted by Gasteiger charge is -2.04. The van der Waals surface area contributed by atoms with Crippen LogP contribution < -0.4 is 4.74 Å². The first-order valence-electron chi connectivity index (χ1n) is 5.19. The van der Waals surface area contributed by atoms with E-state index in [1.54, 1.807) is 17.8 Å². The number of hydrogen-bond donors (Lipinski definition) is 1. The summed E-state index contributed by atoms with van der Waals surface area (Å²) in [4.78, 5) is 10.4. The largest absolute Gasteiger partial charge is 0.490 e. The van der Waals surface area contributed by atoms with Crippen molar-refractivity contribution in [1.82, 2.24) is 0 Å². The van der Waals surface area contributed by atoms with Crippen LogP contribution in [0.5, 0.6) is 5.75 Å². The summed E-state index contributed by atoms with van der Waals surface area (Å²) >= 11 is 1.64. The van der Waals surface area contributed by atoms with Gasteiger partial charge in [0.25, 0.3) is 0 Å². The third-order valence-corrected chi connectivity index (χ3v) is 3.27. The van der Waals surface area contributed by atoms with Gasteiger partial charge in [0.2, 0.25) is 0 Å². The lowest BCUT2D eigenvalue weighted by Crippen LogP contribution is -1.95. The van der Waals surface area contributed by atoms with Crippen LogP contribution in [-0.4, -0.2) is 29.5 Å². The van der Waals surface area contributed by atoms with Crippen molar-refractivity contribution in [3.8, 4) is 5.75 Å². The molecule has 0 fully saturated rings. The summed E-state index contributed by atoms with van der Waals surface area (Å²) in [6, 6.07) is 4.96. The average Bonchev–Trinajstić information content (AvgIpc) is 2.34.